The van der Waals surface area contributed by atoms with Crippen molar-refractivity contribution in [1.29, 1.82) is 0 Å². The SMILES string of the molecule is C#CC(C(C)OC)[C@@H](C)C(=O)Nn1cc(C)c(CCC(=O)OC)c1C(=O)OCC. The van der Waals surface area contributed by atoms with E-state index in [2.05, 4.69) is 16.1 Å². The maximum absolute atomic E-state index is 12.8. The summed E-state index contributed by atoms with van der Waals surface area (Å²) in [6.45, 7) is 7.15. The average Bonchev–Trinajstić information content (AvgIpc) is 3.00. The number of hydrogen-bond donors (Lipinski definition) is 1. The second kappa shape index (κ2) is 11.3. The fourth-order valence-electron chi connectivity index (χ4n) is 3.04. The van der Waals surface area contributed by atoms with Gasteiger partial charge in [0.2, 0.25) is 5.91 Å². The lowest BCUT2D eigenvalue weighted by atomic mass is 9.89. The van der Waals surface area contributed by atoms with Crippen LogP contribution in [-0.4, -0.2) is 49.5 Å². The number of ether oxygens (including phenoxy) is 3. The molecule has 0 saturated heterocycles. The van der Waals surface area contributed by atoms with E-state index in [0.29, 0.717) is 5.56 Å². The van der Waals surface area contributed by atoms with Gasteiger partial charge in [0.1, 0.15) is 0 Å². The zero-order valence-corrected chi connectivity index (χ0v) is 17.9. The van der Waals surface area contributed by atoms with Crippen molar-refractivity contribution in [3.63, 3.8) is 0 Å². The van der Waals surface area contributed by atoms with Gasteiger partial charge in [-0.05, 0) is 38.3 Å². The lowest BCUT2D eigenvalue weighted by Crippen LogP contribution is -2.37. The van der Waals surface area contributed by atoms with Crippen LogP contribution in [-0.2, 0) is 30.2 Å². The van der Waals surface area contributed by atoms with Gasteiger partial charge in [0, 0.05) is 19.7 Å². The Balaban J connectivity index is 3.20. The number of terminal acetylenes is 1. The van der Waals surface area contributed by atoms with Crippen LogP contribution in [0.15, 0.2) is 6.20 Å². The van der Waals surface area contributed by atoms with Crippen molar-refractivity contribution in [3.8, 4) is 12.3 Å². The molecule has 1 heterocycles. The molecule has 0 aromatic carbocycles. The number of nitrogens with one attached hydrogen (secondary N) is 1. The molecule has 1 aromatic rings. The summed E-state index contributed by atoms with van der Waals surface area (Å²) in [5.74, 6) is 0.240. The lowest BCUT2D eigenvalue weighted by molar-refractivity contribution is -0.140. The zero-order valence-electron chi connectivity index (χ0n) is 17.9. The number of aryl methyl sites for hydroxylation is 1. The van der Waals surface area contributed by atoms with E-state index < -0.39 is 23.8 Å². The van der Waals surface area contributed by atoms with Crippen LogP contribution in [0.5, 0.6) is 0 Å². The summed E-state index contributed by atoms with van der Waals surface area (Å²) in [6, 6.07) is 0. The molecule has 0 aliphatic carbocycles. The summed E-state index contributed by atoms with van der Waals surface area (Å²) >= 11 is 0. The third-order valence-corrected chi connectivity index (χ3v) is 4.85. The number of carbonyl (C=O) groups is 3. The number of nitrogens with zero attached hydrogens (tertiary/aromatic N) is 1. The molecular formula is C21H30N2O6. The summed E-state index contributed by atoms with van der Waals surface area (Å²) in [5, 5.41) is 0. The fraction of sp³-hybridized carbons (Fsp3) is 0.571. The van der Waals surface area contributed by atoms with Gasteiger partial charge in [-0.1, -0.05) is 12.8 Å². The summed E-state index contributed by atoms with van der Waals surface area (Å²) in [7, 11) is 2.83. The number of carbonyl (C=O) groups excluding carboxylic acids is 3. The highest BCUT2D eigenvalue weighted by molar-refractivity contribution is 5.93. The van der Waals surface area contributed by atoms with Crippen LogP contribution in [0, 0.1) is 31.1 Å². The largest absolute Gasteiger partial charge is 0.469 e. The van der Waals surface area contributed by atoms with Crippen LogP contribution in [0.4, 0.5) is 0 Å². The molecule has 0 fully saturated rings. The predicted molar refractivity (Wildman–Crippen MR) is 108 cm³/mol. The summed E-state index contributed by atoms with van der Waals surface area (Å²) < 4.78 is 16.4. The number of aromatic nitrogens is 1. The molecule has 1 N–H and O–H groups in total. The van der Waals surface area contributed by atoms with Crippen molar-refractivity contribution >= 4 is 17.8 Å². The first-order valence-electron chi connectivity index (χ1n) is 9.46. The molecule has 0 saturated carbocycles. The first-order chi connectivity index (χ1) is 13.7. The van der Waals surface area contributed by atoms with E-state index >= 15 is 0 Å². The van der Waals surface area contributed by atoms with Crippen molar-refractivity contribution in [2.75, 3.05) is 26.3 Å². The molecule has 0 aliphatic heterocycles. The fourth-order valence-corrected chi connectivity index (χ4v) is 3.04. The van der Waals surface area contributed by atoms with E-state index in [9.17, 15) is 14.4 Å². The maximum Gasteiger partial charge on any atom is 0.357 e. The van der Waals surface area contributed by atoms with Crippen molar-refractivity contribution in [2.45, 2.75) is 46.6 Å². The smallest absolute Gasteiger partial charge is 0.357 e. The van der Waals surface area contributed by atoms with Crippen LogP contribution in [0.2, 0.25) is 0 Å². The highest BCUT2D eigenvalue weighted by atomic mass is 16.5. The Morgan fingerprint density at radius 1 is 1.28 bits per heavy atom. The third kappa shape index (κ3) is 6.09. The number of methoxy groups -OCH3 is 2. The van der Waals surface area contributed by atoms with E-state index in [-0.39, 0.29) is 37.2 Å². The first kappa shape index (κ1) is 24.2. The first-order valence-corrected chi connectivity index (χ1v) is 9.46. The third-order valence-electron chi connectivity index (χ3n) is 4.85. The maximum atomic E-state index is 12.8. The Bertz CT molecular complexity index is 777. The van der Waals surface area contributed by atoms with Gasteiger partial charge in [0.15, 0.2) is 5.69 Å². The van der Waals surface area contributed by atoms with Crippen molar-refractivity contribution < 1.29 is 28.6 Å². The minimum Gasteiger partial charge on any atom is -0.469 e. The Morgan fingerprint density at radius 3 is 2.45 bits per heavy atom. The molecule has 29 heavy (non-hydrogen) atoms. The molecule has 160 valence electrons. The average molecular weight is 406 g/mol. The van der Waals surface area contributed by atoms with Gasteiger partial charge in [0.25, 0.3) is 0 Å². The minimum absolute atomic E-state index is 0.0998. The van der Waals surface area contributed by atoms with Gasteiger partial charge in [-0.3, -0.25) is 19.7 Å². The lowest BCUT2D eigenvalue weighted by Gasteiger charge is -2.24. The molecule has 8 nitrogen and oxygen atoms in total. The standard InChI is InChI=1S/C21H30N2O6/c1-8-16(15(5)27-6)14(4)20(25)22-23-12-13(3)17(10-11-18(24)28-7)19(23)21(26)29-9-2/h1,12,14-16H,9-11H2,2-7H3,(H,22,25)/t14-,15?,16?/m1/s1. The quantitative estimate of drug-likeness (QED) is 0.472. The van der Waals surface area contributed by atoms with Crippen LogP contribution >= 0.6 is 0 Å². The Morgan fingerprint density at radius 2 is 1.93 bits per heavy atom. The monoisotopic (exact) mass is 406 g/mol. The molecule has 0 aliphatic rings. The van der Waals surface area contributed by atoms with E-state index in [1.165, 1.54) is 18.9 Å². The summed E-state index contributed by atoms with van der Waals surface area (Å²) in [6.07, 6.45) is 7.26. The molecule has 1 aromatic heterocycles. The van der Waals surface area contributed by atoms with E-state index in [0.717, 1.165) is 5.56 Å². The van der Waals surface area contributed by atoms with Crippen molar-refractivity contribution in [1.82, 2.24) is 4.68 Å². The normalized spacial score (nSPS) is 13.7. The molecule has 0 radical (unpaired) electrons. The van der Waals surface area contributed by atoms with Crippen LogP contribution in [0.1, 0.15) is 48.8 Å². The van der Waals surface area contributed by atoms with E-state index in [1.54, 1.807) is 33.9 Å². The van der Waals surface area contributed by atoms with Crippen molar-refractivity contribution in [2.24, 2.45) is 11.8 Å². The van der Waals surface area contributed by atoms with E-state index in [1.807, 2.05) is 0 Å². The van der Waals surface area contributed by atoms with Gasteiger partial charge in [0.05, 0.1) is 31.7 Å². The van der Waals surface area contributed by atoms with Crippen LogP contribution < -0.4 is 5.43 Å². The second-order valence-corrected chi connectivity index (χ2v) is 6.70. The molecule has 8 heteroatoms. The van der Waals surface area contributed by atoms with Gasteiger partial charge in [-0.2, -0.15) is 0 Å². The number of rotatable bonds is 10. The molecule has 1 amide bonds. The van der Waals surface area contributed by atoms with Crippen LogP contribution in [0.25, 0.3) is 0 Å². The number of hydrogen-bond acceptors (Lipinski definition) is 6. The topological polar surface area (TPSA) is 95.9 Å². The molecule has 0 spiro atoms. The number of amides is 1. The highest BCUT2D eigenvalue weighted by Gasteiger charge is 2.29. The molecule has 2 unspecified atom stereocenters. The van der Waals surface area contributed by atoms with Gasteiger partial charge in [-0.15, -0.1) is 6.42 Å². The Kier molecular flexibility index (Phi) is 9.42. The molecule has 0 bridgehead atoms. The minimum atomic E-state index is -0.591. The summed E-state index contributed by atoms with van der Waals surface area (Å²) in [5.41, 5.74) is 4.24. The molecular weight excluding hydrogens is 376 g/mol. The van der Waals surface area contributed by atoms with E-state index in [4.69, 9.17) is 15.9 Å². The van der Waals surface area contributed by atoms with Gasteiger partial charge < -0.3 is 14.2 Å². The second-order valence-electron chi connectivity index (χ2n) is 6.70. The number of esters is 2. The molecule has 3 atom stereocenters. The van der Waals surface area contributed by atoms with Crippen LogP contribution in [0.3, 0.4) is 0 Å². The van der Waals surface area contributed by atoms with Gasteiger partial charge >= 0.3 is 11.9 Å². The van der Waals surface area contributed by atoms with Crippen molar-refractivity contribution in [3.05, 3.63) is 23.0 Å². The zero-order chi connectivity index (χ0) is 22.1. The van der Waals surface area contributed by atoms with Gasteiger partial charge in [-0.25, -0.2) is 4.79 Å². The summed E-state index contributed by atoms with van der Waals surface area (Å²) in [4.78, 5) is 36.9. The Hall–Kier alpha value is -2.79. The predicted octanol–water partition coefficient (Wildman–Crippen LogP) is 2.07. The Labute approximate surface area is 171 Å². The highest BCUT2D eigenvalue weighted by Crippen LogP contribution is 2.22. The molecule has 1 rings (SSSR count).